The molecular weight excluding hydrogens is 222 g/mol. The van der Waals surface area contributed by atoms with E-state index in [0.29, 0.717) is 10.6 Å². The average Bonchev–Trinajstić information content (AvgIpc) is 2.95. The van der Waals surface area contributed by atoms with Gasteiger partial charge in [-0.2, -0.15) is 0 Å². The van der Waals surface area contributed by atoms with Crippen molar-refractivity contribution in [3.63, 3.8) is 0 Å². The molecule has 0 bridgehead atoms. The minimum atomic E-state index is 0.601. The predicted octanol–water partition coefficient (Wildman–Crippen LogP) is 2.74. The van der Waals surface area contributed by atoms with Crippen LogP contribution in [0.5, 0.6) is 0 Å². The van der Waals surface area contributed by atoms with E-state index in [-0.39, 0.29) is 0 Å². The van der Waals surface area contributed by atoms with Crippen LogP contribution in [0.4, 0.5) is 0 Å². The van der Waals surface area contributed by atoms with Crippen LogP contribution < -0.4 is 5.32 Å². The van der Waals surface area contributed by atoms with Crippen molar-refractivity contribution in [3.8, 4) is 0 Å². The summed E-state index contributed by atoms with van der Waals surface area (Å²) in [6.45, 7) is 4.19. The van der Waals surface area contributed by atoms with Crippen LogP contribution in [0, 0.1) is 5.41 Å². The number of rotatable bonds is 6. The second-order valence-electron chi connectivity index (χ2n) is 4.91. The van der Waals surface area contributed by atoms with E-state index in [9.17, 15) is 0 Å². The van der Waals surface area contributed by atoms with Gasteiger partial charge in [-0.1, -0.05) is 24.9 Å². The highest BCUT2D eigenvalue weighted by Crippen LogP contribution is 2.48. The van der Waals surface area contributed by atoms with Crippen molar-refractivity contribution in [2.45, 2.75) is 39.2 Å². The second-order valence-corrected chi connectivity index (χ2v) is 5.30. The fraction of sp³-hybridized carbons (Fsp3) is 0.750. The summed E-state index contributed by atoms with van der Waals surface area (Å²) in [5, 5.41) is 4.20. The first kappa shape index (κ1) is 11.9. The number of halogens is 1. The molecule has 1 aromatic rings. The van der Waals surface area contributed by atoms with Gasteiger partial charge in [0.05, 0.1) is 12.7 Å². The molecule has 0 unspecified atom stereocenters. The molecule has 0 spiro atoms. The fourth-order valence-corrected chi connectivity index (χ4v) is 2.40. The number of imidazole rings is 1. The fourth-order valence-electron chi connectivity index (χ4n) is 2.25. The Labute approximate surface area is 102 Å². The lowest BCUT2D eigenvalue weighted by molar-refractivity contribution is 0.416. The minimum Gasteiger partial charge on any atom is -0.321 e. The Bertz CT molecular complexity index is 355. The van der Waals surface area contributed by atoms with Crippen molar-refractivity contribution in [1.82, 2.24) is 14.9 Å². The summed E-state index contributed by atoms with van der Waals surface area (Å²) in [6.07, 6.45) is 7.11. The van der Waals surface area contributed by atoms with Crippen LogP contribution in [0.1, 0.15) is 38.4 Å². The third kappa shape index (κ3) is 2.58. The van der Waals surface area contributed by atoms with Crippen molar-refractivity contribution in [3.05, 3.63) is 17.2 Å². The van der Waals surface area contributed by atoms with E-state index in [1.807, 2.05) is 11.6 Å². The third-order valence-electron chi connectivity index (χ3n) is 3.55. The number of aromatic nitrogens is 2. The van der Waals surface area contributed by atoms with E-state index < -0.39 is 0 Å². The van der Waals surface area contributed by atoms with E-state index in [1.165, 1.54) is 25.7 Å². The molecular formula is C12H20ClN3. The molecule has 0 amide bonds. The molecule has 0 saturated heterocycles. The zero-order valence-electron chi connectivity index (χ0n) is 10.1. The highest BCUT2D eigenvalue weighted by Gasteiger charge is 2.40. The van der Waals surface area contributed by atoms with Crippen LogP contribution in [-0.4, -0.2) is 16.1 Å². The summed E-state index contributed by atoms with van der Waals surface area (Å²) >= 11 is 5.93. The zero-order chi connectivity index (χ0) is 11.6. The van der Waals surface area contributed by atoms with Crippen molar-refractivity contribution < 1.29 is 0 Å². The van der Waals surface area contributed by atoms with E-state index in [1.54, 1.807) is 6.20 Å². The van der Waals surface area contributed by atoms with Gasteiger partial charge in [0.2, 0.25) is 0 Å². The molecule has 1 N–H and O–H groups in total. The van der Waals surface area contributed by atoms with E-state index in [2.05, 4.69) is 17.2 Å². The van der Waals surface area contributed by atoms with Crippen LogP contribution in [0.25, 0.3) is 0 Å². The van der Waals surface area contributed by atoms with Gasteiger partial charge in [-0.25, -0.2) is 4.98 Å². The average molecular weight is 242 g/mol. The Morgan fingerprint density at radius 1 is 1.56 bits per heavy atom. The Hall–Kier alpha value is -0.540. The normalized spacial score (nSPS) is 17.7. The van der Waals surface area contributed by atoms with Crippen molar-refractivity contribution in [2.24, 2.45) is 12.5 Å². The topological polar surface area (TPSA) is 29.9 Å². The lowest BCUT2D eigenvalue weighted by Crippen LogP contribution is -2.24. The summed E-state index contributed by atoms with van der Waals surface area (Å²) in [4.78, 5) is 4.27. The first-order valence-electron chi connectivity index (χ1n) is 6.04. The molecule has 0 aromatic carbocycles. The molecule has 0 atom stereocenters. The quantitative estimate of drug-likeness (QED) is 0.830. The maximum Gasteiger partial charge on any atom is 0.128 e. The lowest BCUT2D eigenvalue weighted by atomic mass is 10.0. The van der Waals surface area contributed by atoms with Gasteiger partial charge >= 0.3 is 0 Å². The molecule has 1 aliphatic rings. The maximum atomic E-state index is 5.93. The highest BCUT2D eigenvalue weighted by atomic mass is 35.5. The van der Waals surface area contributed by atoms with Crippen LogP contribution >= 0.6 is 11.6 Å². The summed E-state index contributed by atoms with van der Waals surface area (Å²) in [5.41, 5.74) is 0.601. The van der Waals surface area contributed by atoms with E-state index in [4.69, 9.17) is 11.6 Å². The SMILES string of the molecule is CCCC1(CNCc2ncc(Cl)n2C)CC1. The van der Waals surface area contributed by atoms with Gasteiger partial charge in [0.25, 0.3) is 0 Å². The van der Waals surface area contributed by atoms with Crippen LogP contribution in [0.2, 0.25) is 5.15 Å². The molecule has 0 radical (unpaired) electrons. The maximum absolute atomic E-state index is 5.93. The molecule has 16 heavy (non-hydrogen) atoms. The number of nitrogens with one attached hydrogen (secondary N) is 1. The van der Waals surface area contributed by atoms with Gasteiger partial charge in [0, 0.05) is 13.6 Å². The molecule has 1 aliphatic carbocycles. The highest BCUT2D eigenvalue weighted by molar-refractivity contribution is 6.29. The molecule has 1 fully saturated rings. The summed E-state index contributed by atoms with van der Waals surface area (Å²) in [7, 11) is 1.95. The van der Waals surface area contributed by atoms with Gasteiger partial charge in [0.15, 0.2) is 0 Å². The largest absolute Gasteiger partial charge is 0.321 e. The molecule has 1 aromatic heterocycles. The van der Waals surface area contributed by atoms with Crippen molar-refractivity contribution >= 4 is 11.6 Å². The Morgan fingerprint density at radius 3 is 2.81 bits per heavy atom. The Balaban J connectivity index is 1.78. The molecule has 0 aliphatic heterocycles. The van der Waals surface area contributed by atoms with Gasteiger partial charge in [0.1, 0.15) is 11.0 Å². The van der Waals surface area contributed by atoms with Crippen LogP contribution in [0.3, 0.4) is 0 Å². The van der Waals surface area contributed by atoms with Crippen LogP contribution in [0.15, 0.2) is 6.20 Å². The van der Waals surface area contributed by atoms with E-state index >= 15 is 0 Å². The van der Waals surface area contributed by atoms with Gasteiger partial charge in [-0.15, -0.1) is 0 Å². The summed E-state index contributed by atoms with van der Waals surface area (Å²) in [6, 6.07) is 0. The van der Waals surface area contributed by atoms with Crippen LogP contribution in [-0.2, 0) is 13.6 Å². The molecule has 1 saturated carbocycles. The van der Waals surface area contributed by atoms with Gasteiger partial charge in [-0.3, -0.25) is 0 Å². The van der Waals surface area contributed by atoms with Crippen molar-refractivity contribution in [1.29, 1.82) is 0 Å². The second kappa shape index (κ2) is 4.76. The third-order valence-corrected chi connectivity index (χ3v) is 3.90. The minimum absolute atomic E-state index is 0.601. The monoisotopic (exact) mass is 241 g/mol. The van der Waals surface area contributed by atoms with Crippen molar-refractivity contribution in [2.75, 3.05) is 6.54 Å². The number of hydrogen-bond donors (Lipinski definition) is 1. The molecule has 3 nitrogen and oxygen atoms in total. The van der Waals surface area contributed by atoms with Gasteiger partial charge in [-0.05, 0) is 24.7 Å². The smallest absolute Gasteiger partial charge is 0.128 e. The predicted molar refractivity (Wildman–Crippen MR) is 66.5 cm³/mol. The standard InChI is InChI=1S/C12H20ClN3/c1-3-4-12(5-6-12)9-14-8-11-15-7-10(13)16(11)2/h7,14H,3-6,8-9H2,1-2H3. The Kier molecular flexibility index (Phi) is 3.55. The first-order valence-corrected chi connectivity index (χ1v) is 6.41. The molecule has 2 rings (SSSR count). The summed E-state index contributed by atoms with van der Waals surface area (Å²) < 4.78 is 1.92. The number of nitrogens with zero attached hydrogens (tertiary/aromatic N) is 2. The number of hydrogen-bond acceptors (Lipinski definition) is 2. The molecule has 1 heterocycles. The van der Waals surface area contributed by atoms with E-state index in [0.717, 1.165) is 18.9 Å². The lowest BCUT2D eigenvalue weighted by Gasteiger charge is -2.14. The Morgan fingerprint density at radius 2 is 2.31 bits per heavy atom. The summed E-state index contributed by atoms with van der Waals surface area (Å²) in [5.74, 6) is 1.01. The first-order chi connectivity index (χ1) is 7.67. The molecule has 90 valence electrons. The van der Waals surface area contributed by atoms with Gasteiger partial charge < -0.3 is 9.88 Å². The molecule has 4 heteroatoms. The zero-order valence-corrected chi connectivity index (χ0v) is 10.8.